The van der Waals surface area contributed by atoms with E-state index in [4.69, 9.17) is 9.47 Å². The van der Waals surface area contributed by atoms with Gasteiger partial charge in [-0.05, 0) is 32.1 Å². The van der Waals surface area contributed by atoms with Gasteiger partial charge in [0.2, 0.25) is 11.8 Å². The first-order chi connectivity index (χ1) is 12.4. The fraction of sp³-hybridized carbons (Fsp3) is 0.842. The summed E-state index contributed by atoms with van der Waals surface area (Å²) in [5.74, 6) is -0.00429. The fourth-order valence-electron chi connectivity index (χ4n) is 3.03. The lowest BCUT2D eigenvalue weighted by Gasteiger charge is -2.29. The molecule has 1 aliphatic rings. The van der Waals surface area contributed by atoms with Gasteiger partial charge in [0.05, 0.1) is 19.8 Å². The standard InChI is InChI=1S/C19H34N2O5/c1-4-9-25-10-11-26-13-18(23)20-12-17(22)21-16-7-5-15(6-8-16)19(24)14(2)3/h14-16H,4-13H2,1-3H3,(H,20,23)(H,21,22). The molecule has 0 heterocycles. The predicted molar refractivity (Wildman–Crippen MR) is 98.7 cm³/mol. The number of amides is 2. The molecule has 0 saturated heterocycles. The number of hydrogen-bond donors (Lipinski definition) is 2. The Bertz CT molecular complexity index is 445. The molecule has 1 rings (SSSR count). The van der Waals surface area contributed by atoms with Gasteiger partial charge < -0.3 is 20.1 Å². The maximum absolute atomic E-state index is 12.0. The van der Waals surface area contributed by atoms with E-state index in [-0.39, 0.29) is 42.8 Å². The van der Waals surface area contributed by atoms with Crippen molar-refractivity contribution in [2.45, 2.75) is 58.9 Å². The Labute approximate surface area is 156 Å². The summed E-state index contributed by atoms with van der Waals surface area (Å²) in [7, 11) is 0. The number of carbonyl (C=O) groups is 3. The highest BCUT2D eigenvalue weighted by atomic mass is 16.5. The lowest BCUT2D eigenvalue weighted by molar-refractivity contribution is -0.130. The van der Waals surface area contributed by atoms with Crippen molar-refractivity contribution in [2.24, 2.45) is 11.8 Å². The summed E-state index contributed by atoms with van der Waals surface area (Å²) in [6, 6.07) is 0.0857. The van der Waals surface area contributed by atoms with Gasteiger partial charge in [0, 0.05) is 24.5 Å². The van der Waals surface area contributed by atoms with Crippen LogP contribution in [0.4, 0.5) is 0 Å². The molecule has 1 saturated carbocycles. The molecule has 1 aliphatic carbocycles. The van der Waals surface area contributed by atoms with Crippen LogP contribution in [0.5, 0.6) is 0 Å². The molecule has 2 amide bonds. The maximum Gasteiger partial charge on any atom is 0.246 e. The van der Waals surface area contributed by atoms with E-state index in [1.165, 1.54) is 0 Å². The third kappa shape index (κ3) is 9.29. The Balaban J connectivity index is 2.10. The Morgan fingerprint density at radius 2 is 1.62 bits per heavy atom. The van der Waals surface area contributed by atoms with Crippen LogP contribution in [0.1, 0.15) is 52.9 Å². The third-order valence-corrected chi connectivity index (χ3v) is 4.46. The van der Waals surface area contributed by atoms with Gasteiger partial charge in [0.15, 0.2) is 0 Å². The summed E-state index contributed by atoms with van der Waals surface area (Å²) in [4.78, 5) is 35.6. The van der Waals surface area contributed by atoms with Crippen LogP contribution in [0.15, 0.2) is 0 Å². The molecular weight excluding hydrogens is 336 g/mol. The molecule has 7 heteroatoms. The Morgan fingerprint density at radius 3 is 2.23 bits per heavy atom. The molecule has 0 unspecified atom stereocenters. The van der Waals surface area contributed by atoms with Crippen LogP contribution in [-0.2, 0) is 23.9 Å². The van der Waals surface area contributed by atoms with Gasteiger partial charge in [0.1, 0.15) is 12.4 Å². The van der Waals surface area contributed by atoms with Crippen molar-refractivity contribution in [3.05, 3.63) is 0 Å². The number of hydrogen-bond acceptors (Lipinski definition) is 5. The summed E-state index contributed by atoms with van der Waals surface area (Å²) in [5, 5.41) is 5.47. The molecule has 150 valence electrons. The SMILES string of the molecule is CCCOCCOCC(=O)NCC(=O)NC1CCC(C(=O)C(C)C)CC1. The summed E-state index contributed by atoms with van der Waals surface area (Å²) >= 11 is 0. The molecule has 0 radical (unpaired) electrons. The molecule has 0 aromatic heterocycles. The van der Waals surface area contributed by atoms with Gasteiger partial charge in [-0.25, -0.2) is 0 Å². The third-order valence-electron chi connectivity index (χ3n) is 4.46. The van der Waals surface area contributed by atoms with Crippen molar-refractivity contribution in [3.8, 4) is 0 Å². The number of nitrogens with one attached hydrogen (secondary N) is 2. The molecule has 26 heavy (non-hydrogen) atoms. The summed E-state index contributed by atoms with van der Waals surface area (Å²) in [6.45, 7) is 7.26. The van der Waals surface area contributed by atoms with Crippen molar-refractivity contribution >= 4 is 17.6 Å². The van der Waals surface area contributed by atoms with Crippen LogP contribution in [0.3, 0.4) is 0 Å². The highest BCUT2D eigenvalue weighted by molar-refractivity contribution is 5.85. The van der Waals surface area contributed by atoms with Gasteiger partial charge >= 0.3 is 0 Å². The quantitative estimate of drug-likeness (QED) is 0.507. The topological polar surface area (TPSA) is 93.7 Å². The number of rotatable bonds is 12. The number of ketones is 1. The molecule has 1 fully saturated rings. The van der Waals surface area contributed by atoms with E-state index >= 15 is 0 Å². The smallest absolute Gasteiger partial charge is 0.246 e. The van der Waals surface area contributed by atoms with Crippen molar-refractivity contribution < 1.29 is 23.9 Å². The van der Waals surface area contributed by atoms with Crippen LogP contribution in [-0.4, -0.2) is 56.6 Å². The van der Waals surface area contributed by atoms with E-state index in [1.54, 1.807) is 0 Å². The van der Waals surface area contributed by atoms with Crippen LogP contribution in [0.25, 0.3) is 0 Å². The zero-order valence-corrected chi connectivity index (χ0v) is 16.3. The molecular formula is C19H34N2O5. The fourth-order valence-corrected chi connectivity index (χ4v) is 3.03. The average molecular weight is 370 g/mol. The van der Waals surface area contributed by atoms with E-state index in [0.717, 1.165) is 32.1 Å². The first-order valence-electron chi connectivity index (χ1n) is 9.69. The summed E-state index contributed by atoms with van der Waals surface area (Å²) < 4.78 is 10.4. The maximum atomic E-state index is 12.0. The molecule has 0 aliphatic heterocycles. The zero-order valence-electron chi connectivity index (χ0n) is 16.3. The Hall–Kier alpha value is -1.47. The Morgan fingerprint density at radius 1 is 0.962 bits per heavy atom. The summed E-state index contributed by atoms with van der Waals surface area (Å²) in [5.41, 5.74) is 0. The van der Waals surface area contributed by atoms with Crippen molar-refractivity contribution in [1.29, 1.82) is 0 Å². The van der Waals surface area contributed by atoms with E-state index in [1.807, 2.05) is 20.8 Å². The lowest BCUT2D eigenvalue weighted by atomic mass is 9.80. The van der Waals surface area contributed by atoms with Crippen molar-refractivity contribution in [2.75, 3.05) is 33.0 Å². The first kappa shape index (κ1) is 22.6. The van der Waals surface area contributed by atoms with Crippen LogP contribution >= 0.6 is 0 Å². The van der Waals surface area contributed by atoms with Gasteiger partial charge in [0.25, 0.3) is 0 Å². The predicted octanol–water partition coefficient (Wildman–Crippen LogP) is 1.45. The first-order valence-corrected chi connectivity index (χ1v) is 9.69. The van der Waals surface area contributed by atoms with Crippen LogP contribution < -0.4 is 10.6 Å². The second-order valence-electron chi connectivity index (χ2n) is 7.11. The average Bonchev–Trinajstić information content (AvgIpc) is 2.63. The minimum atomic E-state index is -0.318. The highest BCUT2D eigenvalue weighted by Gasteiger charge is 2.28. The van der Waals surface area contributed by atoms with Crippen LogP contribution in [0.2, 0.25) is 0 Å². The Kier molecular flexibility index (Phi) is 11.1. The molecule has 7 nitrogen and oxygen atoms in total. The molecule has 0 bridgehead atoms. The molecule has 0 aromatic carbocycles. The van der Waals surface area contributed by atoms with Gasteiger partial charge in [-0.3, -0.25) is 14.4 Å². The lowest BCUT2D eigenvalue weighted by Crippen LogP contribution is -2.44. The molecule has 0 aromatic rings. The van der Waals surface area contributed by atoms with Crippen LogP contribution in [0, 0.1) is 11.8 Å². The number of ether oxygens (including phenoxy) is 2. The van der Waals surface area contributed by atoms with Gasteiger partial charge in [-0.2, -0.15) is 0 Å². The largest absolute Gasteiger partial charge is 0.379 e. The van der Waals surface area contributed by atoms with E-state index < -0.39 is 0 Å². The van der Waals surface area contributed by atoms with Gasteiger partial charge in [-0.15, -0.1) is 0 Å². The minimum Gasteiger partial charge on any atom is -0.379 e. The number of carbonyl (C=O) groups excluding carboxylic acids is 3. The monoisotopic (exact) mass is 370 g/mol. The van der Waals surface area contributed by atoms with E-state index in [2.05, 4.69) is 10.6 Å². The zero-order chi connectivity index (χ0) is 19.4. The van der Waals surface area contributed by atoms with E-state index in [9.17, 15) is 14.4 Å². The molecule has 2 N–H and O–H groups in total. The highest BCUT2D eigenvalue weighted by Crippen LogP contribution is 2.27. The minimum absolute atomic E-state index is 0.0562. The normalized spacial score (nSPS) is 20.0. The van der Waals surface area contributed by atoms with Gasteiger partial charge in [-0.1, -0.05) is 20.8 Å². The van der Waals surface area contributed by atoms with E-state index in [0.29, 0.717) is 25.6 Å². The summed E-state index contributed by atoms with van der Waals surface area (Å²) in [6.07, 6.45) is 4.21. The molecule has 0 atom stereocenters. The van der Waals surface area contributed by atoms with Crippen molar-refractivity contribution in [1.82, 2.24) is 10.6 Å². The molecule has 0 spiro atoms. The number of Topliss-reactive ketones (excluding diaryl/α,β-unsaturated/α-hetero) is 1. The second-order valence-corrected chi connectivity index (χ2v) is 7.11. The second kappa shape index (κ2) is 12.8. The van der Waals surface area contributed by atoms with Crippen molar-refractivity contribution in [3.63, 3.8) is 0 Å².